The summed E-state index contributed by atoms with van der Waals surface area (Å²) >= 11 is 3.47. The van der Waals surface area contributed by atoms with Gasteiger partial charge >= 0.3 is 0 Å². The molecule has 42 heavy (non-hydrogen) atoms. The Kier molecular flexibility index (Phi) is 9.62. The molecule has 2 atom stereocenters. The van der Waals surface area contributed by atoms with Gasteiger partial charge in [-0.2, -0.15) is 0 Å². The predicted octanol–water partition coefficient (Wildman–Crippen LogP) is 4.46. The highest BCUT2D eigenvalue weighted by Crippen LogP contribution is 2.43. The molecule has 0 aromatic heterocycles. The van der Waals surface area contributed by atoms with E-state index in [-0.39, 0.29) is 29.6 Å². The quantitative estimate of drug-likeness (QED) is 0.277. The van der Waals surface area contributed by atoms with Gasteiger partial charge in [-0.1, -0.05) is 46.3 Å². The zero-order valence-electron chi connectivity index (χ0n) is 23.1. The molecule has 0 spiro atoms. The number of sulfone groups is 1. The first-order valence-electron chi connectivity index (χ1n) is 14.0. The van der Waals surface area contributed by atoms with Crippen molar-refractivity contribution in [3.8, 4) is 5.75 Å². The van der Waals surface area contributed by atoms with Crippen LogP contribution in [0, 0.1) is 0 Å². The fraction of sp³-hybridized carbons (Fsp3) is 0.355. The molecule has 2 aliphatic rings. The zero-order valence-corrected chi connectivity index (χ0v) is 25.5. The highest BCUT2D eigenvalue weighted by Gasteiger charge is 2.54. The fourth-order valence-corrected chi connectivity index (χ4v) is 6.76. The van der Waals surface area contributed by atoms with Gasteiger partial charge in [0, 0.05) is 42.6 Å². The first-order chi connectivity index (χ1) is 20.3. The molecule has 222 valence electrons. The van der Waals surface area contributed by atoms with Crippen LogP contribution in [-0.2, 0) is 19.4 Å². The lowest BCUT2D eigenvalue weighted by atomic mass is 9.85. The van der Waals surface area contributed by atoms with E-state index in [1.165, 1.54) is 0 Å². The van der Waals surface area contributed by atoms with Crippen molar-refractivity contribution in [1.82, 2.24) is 10.4 Å². The number of hydrazine groups is 1. The van der Waals surface area contributed by atoms with E-state index in [0.29, 0.717) is 43.0 Å². The summed E-state index contributed by atoms with van der Waals surface area (Å²) in [6.07, 6.45) is 1.49. The monoisotopic (exact) mass is 655 g/mol. The van der Waals surface area contributed by atoms with Crippen LogP contribution >= 0.6 is 15.9 Å². The first-order valence-corrected chi connectivity index (χ1v) is 16.5. The average molecular weight is 657 g/mol. The molecule has 11 heteroatoms. The second kappa shape index (κ2) is 13.4. The van der Waals surface area contributed by atoms with Crippen LogP contribution < -0.4 is 10.2 Å². The number of hydrogen-bond donors (Lipinski definition) is 2. The molecule has 0 unspecified atom stereocenters. The van der Waals surface area contributed by atoms with E-state index in [0.717, 1.165) is 17.3 Å². The van der Waals surface area contributed by atoms with E-state index in [9.17, 15) is 13.2 Å². The Morgan fingerprint density at radius 2 is 1.74 bits per heavy atom. The highest BCUT2D eigenvalue weighted by atomic mass is 79.9. The maximum absolute atomic E-state index is 14.2. The largest absolute Gasteiger partial charge is 0.494 e. The molecule has 2 heterocycles. The van der Waals surface area contributed by atoms with E-state index in [1.54, 1.807) is 54.6 Å². The normalized spacial score (nSPS) is 20.6. The minimum Gasteiger partial charge on any atom is -0.494 e. The van der Waals surface area contributed by atoms with Crippen LogP contribution in [0.25, 0.3) is 0 Å². The summed E-state index contributed by atoms with van der Waals surface area (Å²) in [6, 6.07) is 22.8. The molecule has 2 N–H and O–H groups in total. The zero-order chi connectivity index (χ0) is 29.6. The lowest BCUT2D eigenvalue weighted by molar-refractivity contribution is -0.133. The first kappa shape index (κ1) is 30.2. The van der Waals surface area contributed by atoms with E-state index < -0.39 is 27.4 Å². The number of aliphatic hydroxyl groups excluding tert-OH is 1. The van der Waals surface area contributed by atoms with Crippen molar-refractivity contribution in [3.05, 3.63) is 94.5 Å². The third kappa shape index (κ3) is 6.86. The van der Waals surface area contributed by atoms with Gasteiger partial charge in [0.15, 0.2) is 21.5 Å². The van der Waals surface area contributed by atoms with Crippen LogP contribution in [0.15, 0.2) is 93.2 Å². The second-order valence-corrected chi connectivity index (χ2v) is 13.4. The standard InChI is InChI=1S/C31H34BrN3O6S/c32-25-13-9-23(10-14-25)28-31(30(37)34-35-18-4-5-19-35,17-22-42(38,39)27-7-2-1-3-8-27)33-29(41-28)24-11-15-26(16-12-24)40-21-6-20-36/h1-3,7-16,28,36H,4-6,17-22H2,(H,34,37)/t28-,31-/m0/s1. The molecule has 0 aliphatic carbocycles. The SMILES string of the molecule is O=C(NN1CCCC1)[C@@]1(CCS(=O)(=O)c2ccccc2)N=C(c2ccc(OCCCO)cc2)O[C@H]1c1ccc(Br)cc1. The number of ether oxygens (including phenoxy) is 2. The summed E-state index contributed by atoms with van der Waals surface area (Å²) in [5.74, 6) is 0.176. The number of rotatable bonds is 12. The van der Waals surface area contributed by atoms with Gasteiger partial charge in [0.1, 0.15) is 5.75 Å². The minimum absolute atomic E-state index is 0.0434. The summed E-state index contributed by atoms with van der Waals surface area (Å²) in [7, 11) is -3.72. The maximum Gasteiger partial charge on any atom is 0.266 e. The molecule has 1 amide bonds. The number of hydrogen-bond acceptors (Lipinski definition) is 8. The lowest BCUT2D eigenvalue weighted by Gasteiger charge is -2.32. The Balaban J connectivity index is 1.53. The van der Waals surface area contributed by atoms with Crippen molar-refractivity contribution in [3.63, 3.8) is 0 Å². The van der Waals surface area contributed by atoms with Crippen molar-refractivity contribution >= 4 is 37.6 Å². The van der Waals surface area contributed by atoms with Gasteiger partial charge in [-0.15, -0.1) is 0 Å². The summed E-state index contributed by atoms with van der Waals surface area (Å²) in [5, 5.41) is 10.9. The molecule has 0 saturated carbocycles. The van der Waals surface area contributed by atoms with Gasteiger partial charge in [-0.25, -0.2) is 18.4 Å². The Bertz CT molecular complexity index is 1490. The maximum atomic E-state index is 14.2. The smallest absolute Gasteiger partial charge is 0.266 e. The number of aliphatic hydroxyl groups is 1. The van der Waals surface area contributed by atoms with E-state index >= 15 is 0 Å². The lowest BCUT2D eigenvalue weighted by Crippen LogP contribution is -2.54. The molecular weight excluding hydrogens is 622 g/mol. The number of halogens is 1. The Morgan fingerprint density at radius 1 is 1.05 bits per heavy atom. The molecular formula is C31H34BrN3O6S. The number of carbonyl (C=O) groups is 1. The van der Waals surface area contributed by atoms with E-state index in [1.807, 2.05) is 29.3 Å². The summed E-state index contributed by atoms with van der Waals surface area (Å²) in [6.45, 7) is 1.85. The molecule has 0 bridgehead atoms. The fourth-order valence-electron chi connectivity index (χ4n) is 5.11. The van der Waals surface area contributed by atoms with Crippen LogP contribution in [-0.4, -0.2) is 67.9 Å². The number of carbonyl (C=O) groups excluding carboxylic acids is 1. The average Bonchev–Trinajstić information content (AvgIpc) is 3.66. The van der Waals surface area contributed by atoms with Gasteiger partial charge in [0.25, 0.3) is 5.91 Å². The Morgan fingerprint density at radius 3 is 2.40 bits per heavy atom. The van der Waals surface area contributed by atoms with Crippen molar-refractivity contribution in [2.75, 3.05) is 32.1 Å². The van der Waals surface area contributed by atoms with Gasteiger partial charge in [0.05, 0.1) is 17.3 Å². The van der Waals surface area contributed by atoms with Crippen LogP contribution in [0.3, 0.4) is 0 Å². The molecule has 1 saturated heterocycles. The molecule has 0 radical (unpaired) electrons. The highest BCUT2D eigenvalue weighted by molar-refractivity contribution is 9.10. The third-order valence-electron chi connectivity index (χ3n) is 7.42. The second-order valence-electron chi connectivity index (χ2n) is 10.4. The van der Waals surface area contributed by atoms with Gasteiger partial charge < -0.3 is 14.6 Å². The minimum atomic E-state index is -3.72. The number of nitrogens with zero attached hydrogens (tertiary/aromatic N) is 2. The van der Waals surface area contributed by atoms with E-state index in [2.05, 4.69) is 21.4 Å². The molecule has 3 aromatic carbocycles. The van der Waals surface area contributed by atoms with Crippen molar-refractivity contribution in [2.24, 2.45) is 4.99 Å². The van der Waals surface area contributed by atoms with E-state index in [4.69, 9.17) is 19.6 Å². The topological polar surface area (TPSA) is 118 Å². The number of benzene rings is 3. The summed E-state index contributed by atoms with van der Waals surface area (Å²) < 4.78 is 39.8. The van der Waals surface area contributed by atoms with Crippen LogP contribution in [0.1, 0.15) is 42.9 Å². The third-order valence-corrected chi connectivity index (χ3v) is 9.68. The number of aliphatic imine (C=N–C) groups is 1. The number of amides is 1. The van der Waals surface area contributed by atoms with Crippen molar-refractivity contribution in [1.29, 1.82) is 0 Å². The molecule has 9 nitrogen and oxygen atoms in total. The van der Waals surface area contributed by atoms with Crippen LogP contribution in [0.5, 0.6) is 5.75 Å². The molecule has 2 aliphatic heterocycles. The Labute approximate surface area is 254 Å². The predicted molar refractivity (Wildman–Crippen MR) is 163 cm³/mol. The summed E-state index contributed by atoms with van der Waals surface area (Å²) in [4.78, 5) is 19.3. The molecule has 5 rings (SSSR count). The van der Waals surface area contributed by atoms with Crippen molar-refractivity contribution < 1.29 is 27.8 Å². The Hall–Kier alpha value is -3.25. The summed E-state index contributed by atoms with van der Waals surface area (Å²) in [5.41, 5.74) is 2.81. The van der Waals surface area contributed by atoms with Crippen molar-refractivity contribution in [2.45, 2.75) is 42.2 Å². The molecule has 3 aromatic rings. The number of nitrogens with one attached hydrogen (secondary N) is 1. The van der Waals surface area contributed by atoms with Gasteiger partial charge in [-0.3, -0.25) is 10.2 Å². The van der Waals surface area contributed by atoms with Gasteiger partial charge in [-0.05, 0) is 66.9 Å². The van der Waals surface area contributed by atoms with Gasteiger partial charge in [0.2, 0.25) is 5.90 Å². The molecule has 1 fully saturated rings. The van der Waals surface area contributed by atoms with Crippen LogP contribution in [0.2, 0.25) is 0 Å². The van der Waals surface area contributed by atoms with Crippen LogP contribution in [0.4, 0.5) is 0 Å².